The lowest BCUT2D eigenvalue weighted by atomic mass is 10.1. The Hall–Kier alpha value is -3.08. The summed E-state index contributed by atoms with van der Waals surface area (Å²) in [5, 5.41) is 18.2. The molecule has 0 bridgehead atoms. The molecule has 2 aromatic carbocycles. The van der Waals surface area contributed by atoms with Gasteiger partial charge < -0.3 is 14.9 Å². The molecule has 0 amide bonds. The van der Waals surface area contributed by atoms with Crippen molar-refractivity contribution in [2.75, 3.05) is 0 Å². The maximum atomic E-state index is 12.1. The van der Waals surface area contributed by atoms with Crippen LogP contribution in [-0.4, -0.2) is 22.0 Å². The Morgan fingerprint density at radius 2 is 1.81 bits per heavy atom. The second kappa shape index (κ2) is 4.79. The number of aromatic carboxylic acids is 1. The number of ketones is 1. The SMILES string of the molecule is O=C(O)c1ccc(/C=C2/Oc3cc(O)ccc3C2=O)cc1. The van der Waals surface area contributed by atoms with Crippen LogP contribution in [0, 0.1) is 0 Å². The number of aromatic hydroxyl groups is 1. The monoisotopic (exact) mass is 282 g/mol. The Kier molecular flexibility index (Phi) is 2.95. The first-order chi connectivity index (χ1) is 10.0. The Bertz CT molecular complexity index is 772. The van der Waals surface area contributed by atoms with Gasteiger partial charge in [-0.3, -0.25) is 4.79 Å². The van der Waals surface area contributed by atoms with Gasteiger partial charge in [0.2, 0.25) is 5.78 Å². The number of carboxylic acids is 1. The lowest BCUT2D eigenvalue weighted by molar-refractivity contribution is 0.0696. The molecule has 2 aromatic rings. The highest BCUT2D eigenvalue weighted by Gasteiger charge is 2.27. The normalized spacial score (nSPS) is 14.9. The van der Waals surface area contributed by atoms with Crippen molar-refractivity contribution in [3.05, 3.63) is 64.9 Å². The molecule has 0 aromatic heterocycles. The number of rotatable bonds is 2. The van der Waals surface area contributed by atoms with Crippen LogP contribution in [0.3, 0.4) is 0 Å². The number of carbonyl (C=O) groups excluding carboxylic acids is 1. The second-order valence-corrected chi connectivity index (χ2v) is 4.55. The first kappa shape index (κ1) is 12.9. The van der Waals surface area contributed by atoms with Crippen molar-refractivity contribution in [2.24, 2.45) is 0 Å². The van der Waals surface area contributed by atoms with Crippen LogP contribution in [-0.2, 0) is 0 Å². The van der Waals surface area contributed by atoms with Gasteiger partial charge in [-0.1, -0.05) is 12.1 Å². The number of hydrogen-bond donors (Lipinski definition) is 2. The summed E-state index contributed by atoms with van der Waals surface area (Å²) in [7, 11) is 0. The zero-order chi connectivity index (χ0) is 15.0. The van der Waals surface area contributed by atoms with Crippen molar-refractivity contribution in [2.45, 2.75) is 0 Å². The molecule has 0 fully saturated rings. The molecule has 1 aliphatic rings. The highest BCUT2D eigenvalue weighted by Crippen LogP contribution is 2.34. The molecule has 0 unspecified atom stereocenters. The molecule has 0 atom stereocenters. The van der Waals surface area contributed by atoms with Gasteiger partial charge in [0.15, 0.2) is 5.76 Å². The first-order valence-electron chi connectivity index (χ1n) is 6.15. The van der Waals surface area contributed by atoms with Gasteiger partial charge in [-0.25, -0.2) is 4.79 Å². The minimum Gasteiger partial charge on any atom is -0.508 e. The van der Waals surface area contributed by atoms with Crippen molar-refractivity contribution >= 4 is 17.8 Å². The average molecular weight is 282 g/mol. The standard InChI is InChI=1S/C16H10O5/c17-11-5-6-12-13(8-11)21-14(15(12)18)7-9-1-3-10(4-2-9)16(19)20/h1-8,17H,(H,19,20)/b14-7+. The number of Topliss-reactive ketones (excluding diaryl/α,β-unsaturated/α-hetero) is 1. The van der Waals surface area contributed by atoms with E-state index in [9.17, 15) is 14.7 Å². The summed E-state index contributed by atoms with van der Waals surface area (Å²) < 4.78 is 5.42. The van der Waals surface area contributed by atoms with Gasteiger partial charge in [-0.05, 0) is 35.9 Å². The number of phenols is 1. The molecule has 2 N–H and O–H groups in total. The van der Waals surface area contributed by atoms with Crippen molar-refractivity contribution in [3.63, 3.8) is 0 Å². The number of allylic oxidation sites excluding steroid dienone is 1. The van der Waals surface area contributed by atoms with Gasteiger partial charge in [-0.15, -0.1) is 0 Å². The fourth-order valence-corrected chi connectivity index (χ4v) is 2.05. The smallest absolute Gasteiger partial charge is 0.335 e. The summed E-state index contributed by atoms with van der Waals surface area (Å²) >= 11 is 0. The van der Waals surface area contributed by atoms with Gasteiger partial charge in [0.25, 0.3) is 0 Å². The summed E-state index contributed by atoms with van der Waals surface area (Å²) in [5.74, 6) is -0.807. The van der Waals surface area contributed by atoms with Crippen LogP contribution in [0.5, 0.6) is 11.5 Å². The highest BCUT2D eigenvalue weighted by atomic mass is 16.5. The fourth-order valence-electron chi connectivity index (χ4n) is 2.05. The molecule has 104 valence electrons. The zero-order valence-corrected chi connectivity index (χ0v) is 10.7. The summed E-state index contributed by atoms with van der Waals surface area (Å²) in [5.41, 5.74) is 1.21. The van der Waals surface area contributed by atoms with Crippen LogP contribution in [0.4, 0.5) is 0 Å². The summed E-state index contributed by atoms with van der Waals surface area (Å²) in [6, 6.07) is 10.4. The molecule has 0 saturated carbocycles. The van der Waals surface area contributed by atoms with Crippen molar-refractivity contribution in [1.29, 1.82) is 0 Å². The van der Waals surface area contributed by atoms with Gasteiger partial charge in [0.05, 0.1) is 11.1 Å². The van der Waals surface area contributed by atoms with Crippen LogP contribution < -0.4 is 4.74 Å². The molecule has 1 aliphatic heterocycles. The van der Waals surface area contributed by atoms with E-state index >= 15 is 0 Å². The molecule has 0 radical (unpaired) electrons. The predicted octanol–water partition coefficient (Wildman–Crippen LogP) is 2.71. The van der Waals surface area contributed by atoms with Gasteiger partial charge >= 0.3 is 5.97 Å². The third kappa shape index (κ3) is 2.36. The maximum Gasteiger partial charge on any atom is 0.335 e. The van der Waals surface area contributed by atoms with E-state index in [0.29, 0.717) is 16.9 Å². The van der Waals surface area contributed by atoms with E-state index in [2.05, 4.69) is 0 Å². The Morgan fingerprint density at radius 1 is 1.10 bits per heavy atom. The minimum atomic E-state index is -1.01. The maximum absolute atomic E-state index is 12.1. The molecular formula is C16H10O5. The van der Waals surface area contributed by atoms with Crippen LogP contribution in [0.1, 0.15) is 26.3 Å². The van der Waals surface area contributed by atoms with Crippen LogP contribution in [0.15, 0.2) is 48.2 Å². The predicted molar refractivity (Wildman–Crippen MR) is 74.4 cm³/mol. The largest absolute Gasteiger partial charge is 0.508 e. The molecule has 5 heteroatoms. The third-order valence-electron chi connectivity index (χ3n) is 3.11. The average Bonchev–Trinajstić information content (AvgIpc) is 2.75. The molecule has 0 saturated heterocycles. The number of hydrogen-bond acceptors (Lipinski definition) is 4. The number of ether oxygens (including phenoxy) is 1. The molecule has 0 spiro atoms. The third-order valence-corrected chi connectivity index (χ3v) is 3.11. The number of carbonyl (C=O) groups is 2. The van der Waals surface area contributed by atoms with Crippen molar-refractivity contribution in [1.82, 2.24) is 0 Å². The molecule has 21 heavy (non-hydrogen) atoms. The number of phenolic OH excluding ortho intramolecular Hbond substituents is 1. The van der Waals surface area contributed by atoms with Crippen LogP contribution in [0.2, 0.25) is 0 Å². The van der Waals surface area contributed by atoms with E-state index in [0.717, 1.165) is 0 Å². The topological polar surface area (TPSA) is 83.8 Å². The van der Waals surface area contributed by atoms with Crippen LogP contribution in [0.25, 0.3) is 6.08 Å². The Balaban J connectivity index is 1.92. The molecule has 0 aliphatic carbocycles. The zero-order valence-electron chi connectivity index (χ0n) is 10.7. The van der Waals surface area contributed by atoms with E-state index in [1.165, 1.54) is 36.4 Å². The number of carboxylic acid groups (broad SMARTS) is 1. The Labute approximate surface area is 119 Å². The van der Waals surface area contributed by atoms with E-state index in [1.807, 2.05) is 0 Å². The summed E-state index contributed by atoms with van der Waals surface area (Å²) in [6.45, 7) is 0. The quantitative estimate of drug-likeness (QED) is 0.827. The van der Waals surface area contributed by atoms with E-state index in [4.69, 9.17) is 9.84 Å². The molecule has 3 rings (SSSR count). The van der Waals surface area contributed by atoms with Crippen LogP contribution >= 0.6 is 0 Å². The number of benzene rings is 2. The van der Waals surface area contributed by atoms with E-state index < -0.39 is 5.97 Å². The highest BCUT2D eigenvalue weighted by molar-refractivity contribution is 6.14. The van der Waals surface area contributed by atoms with E-state index in [1.54, 1.807) is 12.1 Å². The van der Waals surface area contributed by atoms with Gasteiger partial charge in [-0.2, -0.15) is 0 Å². The summed E-state index contributed by atoms with van der Waals surface area (Å²) in [6.07, 6.45) is 1.53. The van der Waals surface area contributed by atoms with Gasteiger partial charge in [0, 0.05) is 6.07 Å². The molecule has 1 heterocycles. The minimum absolute atomic E-state index is 0.0219. The first-order valence-corrected chi connectivity index (χ1v) is 6.15. The number of fused-ring (bicyclic) bond motifs is 1. The summed E-state index contributed by atoms with van der Waals surface area (Å²) in [4.78, 5) is 22.9. The Morgan fingerprint density at radius 3 is 2.48 bits per heavy atom. The van der Waals surface area contributed by atoms with Crippen molar-refractivity contribution < 1.29 is 24.5 Å². The van der Waals surface area contributed by atoms with Crippen molar-refractivity contribution in [3.8, 4) is 11.5 Å². The second-order valence-electron chi connectivity index (χ2n) is 4.55. The lowest BCUT2D eigenvalue weighted by Gasteiger charge is -1.99. The molecule has 5 nitrogen and oxygen atoms in total. The van der Waals surface area contributed by atoms with E-state index in [-0.39, 0.29) is 22.9 Å². The lowest BCUT2D eigenvalue weighted by Crippen LogP contribution is -1.98. The molecular weight excluding hydrogens is 272 g/mol. The van der Waals surface area contributed by atoms with Gasteiger partial charge in [0.1, 0.15) is 11.5 Å². The fraction of sp³-hybridized carbons (Fsp3) is 0.